The Hall–Kier alpha value is -11.0. The second-order valence-electron chi connectivity index (χ2n) is 35.7. The van der Waals surface area contributed by atoms with Crippen molar-refractivity contribution in [2.24, 2.45) is 21.1 Å². The van der Waals surface area contributed by atoms with Crippen molar-refractivity contribution < 1.29 is 0 Å². The summed E-state index contributed by atoms with van der Waals surface area (Å²) in [5.74, 6) is 3.00. The molecule has 9 aromatic carbocycles. The average molecular weight is 1660 g/mol. The molecule has 16 rings (SSSR count). The van der Waals surface area contributed by atoms with Crippen LogP contribution in [0, 0.1) is 13.8 Å². The van der Waals surface area contributed by atoms with E-state index in [0.29, 0.717) is 29.6 Å². The van der Waals surface area contributed by atoms with Crippen LogP contribution in [-0.2, 0) is 37.4 Å². The Balaban J connectivity index is 0.000000157. The number of aromatic nitrogens is 9. The van der Waals surface area contributed by atoms with Gasteiger partial charge in [-0.15, -0.1) is 34.0 Å². The van der Waals surface area contributed by atoms with Gasteiger partial charge in [0.25, 0.3) is 0 Å². The molecule has 0 aliphatic heterocycles. The molecule has 628 valence electrons. The summed E-state index contributed by atoms with van der Waals surface area (Å²) in [5, 5.41) is 13.3. The summed E-state index contributed by atoms with van der Waals surface area (Å²) in [5.41, 5.74) is 35.8. The fraction of sp³-hybridized carbons (Fsp3) is 0.303. The van der Waals surface area contributed by atoms with Gasteiger partial charge in [0.15, 0.2) is 0 Å². The molecule has 1 aliphatic rings. The van der Waals surface area contributed by atoms with Crippen LogP contribution in [0.2, 0.25) is 0 Å². The molecule has 0 atom stereocenters. The third-order valence-corrected chi connectivity index (χ3v) is 23.3. The van der Waals surface area contributed by atoms with Crippen molar-refractivity contribution in [1.29, 1.82) is 0 Å². The standard InChI is InChI=1S/C17H20.2C14H18N2.C14H16.C13H16N2.C13H15NS.2C12H13NS/c1-12(2)15-5-7-16(8-6-15)17-10-13(3)9-14(4)11-17;1-14(2,3)12-7-5-6-11(10-12)13-8-9-16(4)15-13;1-14(2,3)12-8-6-5-7-11(12)13-9-10-16(4)15-13;1-11(2)12-7-9-14(10-8-12)13-5-3-4-6-13;1-10(2)11-4-6-12(7-5-11)13-8-9-15(3)14-13;1-13(2,3)11-7-5-4-6-10(11)12-8-14-9-15-12;1-9(2)10-3-5-11(6-4-10)12-7-13-8-14-12;1-9(2)10-4-3-5-11(6-10)12-7-13-8-14-12/h5-12H,1-4H3;2*5-10H,1-4H3;3-5,7-11H,6H2,1-2H3;4-10H,1-3H3;4-9H,1-3H3;2*3-9H,1-2H3. The fourth-order valence-electron chi connectivity index (χ4n) is 13.7. The highest BCUT2D eigenvalue weighted by Crippen LogP contribution is 2.37. The maximum atomic E-state index is 4.47. The Morgan fingerprint density at radius 2 is 0.702 bits per heavy atom. The van der Waals surface area contributed by atoms with Gasteiger partial charge in [-0.1, -0.05) is 367 Å². The molecular formula is C109H129N9S3. The molecule has 0 saturated heterocycles. The monoisotopic (exact) mass is 1660 g/mol. The van der Waals surface area contributed by atoms with Gasteiger partial charge < -0.3 is 0 Å². The molecule has 12 heteroatoms. The lowest BCUT2D eigenvalue weighted by molar-refractivity contribution is 0.590. The highest BCUT2D eigenvalue weighted by molar-refractivity contribution is 7.13. The number of benzene rings is 9. The molecule has 0 N–H and O–H groups in total. The molecule has 6 aromatic heterocycles. The minimum Gasteiger partial charge on any atom is -0.275 e. The smallest absolute Gasteiger partial charge is 0.0925 e. The summed E-state index contributed by atoms with van der Waals surface area (Å²) in [6.07, 6.45) is 19.3. The second kappa shape index (κ2) is 44.5. The maximum Gasteiger partial charge on any atom is 0.0925 e. The summed E-state index contributed by atoms with van der Waals surface area (Å²) in [7, 11) is 5.83. The van der Waals surface area contributed by atoms with Crippen molar-refractivity contribution in [1.82, 2.24) is 44.3 Å². The molecule has 0 bridgehead atoms. The van der Waals surface area contributed by atoms with E-state index in [4.69, 9.17) is 0 Å². The van der Waals surface area contributed by atoms with Crippen LogP contribution in [-0.4, -0.2) is 44.3 Å². The van der Waals surface area contributed by atoms with E-state index in [1.165, 1.54) is 126 Å². The topological polar surface area (TPSA) is 92.1 Å². The van der Waals surface area contributed by atoms with E-state index in [1.54, 1.807) is 34.0 Å². The van der Waals surface area contributed by atoms with Crippen LogP contribution in [0.25, 0.3) is 81.8 Å². The van der Waals surface area contributed by atoms with Crippen LogP contribution >= 0.6 is 34.0 Å². The molecule has 15 aromatic rings. The number of aryl methyl sites for hydroxylation is 5. The van der Waals surface area contributed by atoms with E-state index in [0.717, 1.165) is 23.5 Å². The summed E-state index contributed by atoms with van der Waals surface area (Å²) < 4.78 is 5.50. The van der Waals surface area contributed by atoms with E-state index in [2.05, 4.69) is 412 Å². The van der Waals surface area contributed by atoms with Crippen LogP contribution in [0.4, 0.5) is 0 Å². The van der Waals surface area contributed by atoms with Crippen molar-refractivity contribution in [2.75, 3.05) is 0 Å². The number of rotatable bonds is 13. The lowest BCUT2D eigenvalue weighted by Gasteiger charge is -2.22. The van der Waals surface area contributed by atoms with Crippen LogP contribution < -0.4 is 0 Å². The molecule has 6 heterocycles. The molecule has 9 nitrogen and oxygen atoms in total. The van der Waals surface area contributed by atoms with Crippen LogP contribution in [0.1, 0.15) is 229 Å². The number of hydrogen-bond acceptors (Lipinski definition) is 9. The third-order valence-electron chi connectivity index (χ3n) is 20.9. The van der Waals surface area contributed by atoms with Gasteiger partial charge in [-0.25, -0.2) is 0 Å². The van der Waals surface area contributed by atoms with Gasteiger partial charge >= 0.3 is 0 Å². The van der Waals surface area contributed by atoms with Crippen LogP contribution in [0.5, 0.6) is 0 Å². The van der Waals surface area contributed by atoms with Gasteiger partial charge in [-0.2, -0.15) is 15.3 Å². The zero-order valence-corrected chi connectivity index (χ0v) is 78.7. The number of thiazole rings is 3. The van der Waals surface area contributed by atoms with Crippen molar-refractivity contribution in [3.8, 4) is 76.2 Å². The molecule has 0 saturated carbocycles. The summed E-state index contributed by atoms with van der Waals surface area (Å²) >= 11 is 5.06. The van der Waals surface area contributed by atoms with Gasteiger partial charge in [0.2, 0.25) is 0 Å². The molecular weight excluding hydrogens is 1530 g/mol. The maximum absolute atomic E-state index is 4.47. The Labute approximate surface area is 737 Å². The number of hydrogen-bond donors (Lipinski definition) is 0. The Bertz CT molecular complexity index is 5610. The first kappa shape index (κ1) is 93.8. The lowest BCUT2D eigenvalue weighted by atomic mass is 9.83. The van der Waals surface area contributed by atoms with Gasteiger partial charge in [-0.05, 0) is 174 Å². The first-order valence-corrected chi connectivity index (χ1v) is 45.1. The third kappa shape index (κ3) is 28.8. The van der Waals surface area contributed by atoms with E-state index >= 15 is 0 Å². The van der Waals surface area contributed by atoms with E-state index in [1.807, 2.05) is 101 Å². The Kier molecular flexibility index (Phi) is 34.5. The lowest BCUT2D eigenvalue weighted by Crippen LogP contribution is -2.12. The van der Waals surface area contributed by atoms with Crippen molar-refractivity contribution >= 4 is 39.6 Å². The predicted octanol–water partition coefficient (Wildman–Crippen LogP) is 31.2. The first-order valence-electron chi connectivity index (χ1n) is 42.5. The van der Waals surface area contributed by atoms with Gasteiger partial charge in [0, 0.05) is 75.0 Å². The Morgan fingerprint density at radius 3 is 1.12 bits per heavy atom. The minimum atomic E-state index is 0.147. The van der Waals surface area contributed by atoms with E-state index < -0.39 is 0 Å². The molecule has 121 heavy (non-hydrogen) atoms. The van der Waals surface area contributed by atoms with Crippen LogP contribution in [0.15, 0.2) is 302 Å². The Morgan fingerprint density at radius 1 is 0.314 bits per heavy atom. The predicted molar refractivity (Wildman–Crippen MR) is 525 cm³/mol. The van der Waals surface area contributed by atoms with Crippen molar-refractivity contribution in [2.45, 2.75) is 198 Å². The fourth-order valence-corrected chi connectivity index (χ4v) is 15.6. The van der Waals surface area contributed by atoms with Gasteiger partial charge in [-0.3, -0.25) is 29.0 Å². The second-order valence-corrected chi connectivity index (χ2v) is 38.4. The van der Waals surface area contributed by atoms with Crippen LogP contribution in [0.3, 0.4) is 0 Å². The van der Waals surface area contributed by atoms with Gasteiger partial charge in [0.1, 0.15) is 0 Å². The molecule has 0 spiro atoms. The van der Waals surface area contributed by atoms with Crippen molar-refractivity contribution in [3.63, 3.8) is 0 Å². The minimum absolute atomic E-state index is 0.147. The highest BCUT2D eigenvalue weighted by Gasteiger charge is 2.21. The zero-order chi connectivity index (χ0) is 87.6. The molecule has 1 aliphatic carbocycles. The number of nitrogens with zero attached hydrogens (tertiary/aromatic N) is 9. The normalized spacial score (nSPS) is 11.7. The molecule has 0 unspecified atom stereocenters. The number of allylic oxidation sites excluding steroid dienone is 4. The van der Waals surface area contributed by atoms with E-state index in [9.17, 15) is 0 Å². The summed E-state index contributed by atoms with van der Waals surface area (Å²) in [6.45, 7) is 46.6. The van der Waals surface area contributed by atoms with Crippen molar-refractivity contribution in [3.05, 3.63) is 364 Å². The summed E-state index contributed by atoms with van der Waals surface area (Å²) in [6, 6.07) is 82.4. The molecule has 0 radical (unpaired) electrons. The molecule has 0 amide bonds. The van der Waals surface area contributed by atoms with Gasteiger partial charge in [0.05, 0.1) is 48.2 Å². The quantitative estimate of drug-likeness (QED) is 0.114. The highest BCUT2D eigenvalue weighted by atomic mass is 32.1. The van der Waals surface area contributed by atoms with E-state index in [-0.39, 0.29) is 16.2 Å². The average Bonchev–Trinajstić information content (AvgIpc) is 1.68. The summed E-state index contributed by atoms with van der Waals surface area (Å²) in [4.78, 5) is 16.0. The first-order chi connectivity index (χ1) is 57.6. The zero-order valence-electron chi connectivity index (χ0n) is 76.2. The molecule has 0 fully saturated rings. The largest absolute Gasteiger partial charge is 0.275 e. The SMILES string of the molecule is CC(C)(C)c1ccccc1-c1cncs1.CC(C)c1ccc(-c2ccn(C)n2)cc1.CC(C)c1ccc(-c2cncs2)cc1.CC(C)c1ccc(C2=CC=CC2)cc1.CC(C)c1cccc(-c2cncs2)c1.Cc1cc(C)cc(-c2ccc(C(C)C)cc2)c1.Cn1ccc(-c2cccc(C(C)(C)C)c2)n1.Cn1ccc(-c2ccccc2C(C)(C)C)n1.